The molecule has 7 heteroatoms. The van der Waals surface area contributed by atoms with Crippen LogP contribution < -0.4 is 10.2 Å². The van der Waals surface area contributed by atoms with Crippen molar-refractivity contribution in [3.8, 4) is 0 Å². The van der Waals surface area contributed by atoms with E-state index in [9.17, 15) is 0 Å². The molecule has 1 aromatic carbocycles. The molecule has 3 rings (SSSR count). The summed E-state index contributed by atoms with van der Waals surface area (Å²) < 4.78 is 5.48. The maximum absolute atomic E-state index is 5.48. The molecule has 0 aliphatic carbocycles. The lowest BCUT2D eigenvalue weighted by Gasteiger charge is -2.36. The van der Waals surface area contributed by atoms with Crippen LogP contribution in [0.25, 0.3) is 0 Å². The molecular weight excluding hydrogens is 489 g/mol. The standard InChI is InChI=1S/C23H39N5O.HI/c1-20-7-6-8-22(17-20)28-14-12-27(13-15-28)11-5-4-10-25-23(24-2)26(3)18-21-9-16-29-19-21;/h6-8,17,21H,4-5,9-16,18-19H2,1-3H3,(H,24,25);1H. The van der Waals surface area contributed by atoms with Crippen LogP contribution in [0.1, 0.15) is 24.8 Å². The van der Waals surface area contributed by atoms with Crippen LogP contribution in [0.3, 0.4) is 0 Å². The number of rotatable bonds is 8. The SMILES string of the molecule is CN=C(NCCCCN1CCN(c2cccc(C)c2)CC1)N(C)CC1CCOC1.I. The first kappa shape index (κ1) is 25.2. The third-order valence-electron chi connectivity index (χ3n) is 6.05. The molecule has 0 saturated carbocycles. The van der Waals surface area contributed by atoms with E-state index in [1.807, 2.05) is 7.05 Å². The van der Waals surface area contributed by atoms with Crippen LogP contribution in [-0.2, 0) is 4.74 Å². The summed E-state index contributed by atoms with van der Waals surface area (Å²) in [5.74, 6) is 1.64. The van der Waals surface area contributed by atoms with Gasteiger partial charge in [-0.1, -0.05) is 12.1 Å². The van der Waals surface area contributed by atoms with Crippen molar-refractivity contribution in [2.45, 2.75) is 26.2 Å². The highest BCUT2D eigenvalue weighted by Crippen LogP contribution is 2.18. The number of aryl methyl sites for hydroxylation is 1. The van der Waals surface area contributed by atoms with E-state index in [0.29, 0.717) is 5.92 Å². The van der Waals surface area contributed by atoms with E-state index in [0.717, 1.165) is 58.4 Å². The Balaban J connectivity index is 0.00000320. The van der Waals surface area contributed by atoms with Gasteiger partial charge < -0.3 is 19.9 Å². The summed E-state index contributed by atoms with van der Waals surface area (Å²) in [7, 11) is 4.00. The summed E-state index contributed by atoms with van der Waals surface area (Å²) in [5, 5.41) is 3.52. The molecule has 0 aromatic heterocycles. The lowest BCUT2D eigenvalue weighted by atomic mass is 10.1. The Morgan fingerprint density at radius 1 is 1.23 bits per heavy atom. The van der Waals surface area contributed by atoms with Crippen LogP contribution in [0.5, 0.6) is 0 Å². The second kappa shape index (κ2) is 13.4. The molecule has 1 unspecified atom stereocenters. The highest BCUT2D eigenvalue weighted by Gasteiger charge is 2.19. The molecule has 6 nitrogen and oxygen atoms in total. The molecule has 2 fully saturated rings. The van der Waals surface area contributed by atoms with E-state index in [-0.39, 0.29) is 24.0 Å². The van der Waals surface area contributed by atoms with Gasteiger partial charge in [0.25, 0.3) is 0 Å². The number of unbranched alkanes of at least 4 members (excludes halogenated alkanes) is 1. The van der Waals surface area contributed by atoms with Gasteiger partial charge in [-0.3, -0.25) is 9.89 Å². The summed E-state index contributed by atoms with van der Waals surface area (Å²) in [6.45, 7) is 11.7. The summed E-state index contributed by atoms with van der Waals surface area (Å²) in [6, 6.07) is 8.86. The zero-order chi connectivity index (χ0) is 20.5. The van der Waals surface area contributed by atoms with Gasteiger partial charge in [-0.15, -0.1) is 24.0 Å². The number of hydrogen-bond acceptors (Lipinski definition) is 4. The Morgan fingerprint density at radius 3 is 2.70 bits per heavy atom. The van der Waals surface area contributed by atoms with Crippen molar-refractivity contribution < 1.29 is 4.74 Å². The molecule has 0 amide bonds. The first-order valence-corrected chi connectivity index (χ1v) is 11.2. The van der Waals surface area contributed by atoms with Gasteiger partial charge >= 0.3 is 0 Å². The van der Waals surface area contributed by atoms with E-state index in [4.69, 9.17) is 4.74 Å². The number of halogens is 1. The monoisotopic (exact) mass is 529 g/mol. The number of anilines is 1. The Bertz CT molecular complexity index is 642. The highest BCUT2D eigenvalue weighted by molar-refractivity contribution is 14.0. The molecule has 2 aliphatic heterocycles. The Morgan fingerprint density at radius 2 is 2.03 bits per heavy atom. The molecular formula is C23H40IN5O. The van der Waals surface area contributed by atoms with E-state index in [1.54, 1.807) is 0 Å². The average molecular weight is 530 g/mol. The minimum absolute atomic E-state index is 0. The number of nitrogens with one attached hydrogen (secondary N) is 1. The lowest BCUT2D eigenvalue weighted by molar-refractivity contribution is 0.181. The number of nitrogens with zero attached hydrogens (tertiary/aromatic N) is 4. The largest absolute Gasteiger partial charge is 0.381 e. The maximum atomic E-state index is 5.48. The van der Waals surface area contributed by atoms with E-state index in [1.165, 1.54) is 37.1 Å². The summed E-state index contributed by atoms with van der Waals surface area (Å²) in [4.78, 5) is 11.8. The van der Waals surface area contributed by atoms with Crippen molar-refractivity contribution in [3.05, 3.63) is 29.8 Å². The third kappa shape index (κ3) is 7.89. The van der Waals surface area contributed by atoms with Gasteiger partial charge in [0.05, 0.1) is 6.61 Å². The fourth-order valence-corrected chi connectivity index (χ4v) is 4.30. The number of aliphatic imine (C=N–C) groups is 1. The van der Waals surface area contributed by atoms with Gasteiger partial charge in [0, 0.05) is 71.6 Å². The normalized spacial score (nSPS) is 20.2. The first-order chi connectivity index (χ1) is 14.2. The molecule has 2 saturated heterocycles. The molecule has 1 aromatic rings. The smallest absolute Gasteiger partial charge is 0.193 e. The second-order valence-corrected chi connectivity index (χ2v) is 8.46. The topological polar surface area (TPSA) is 43.3 Å². The van der Waals surface area contributed by atoms with E-state index >= 15 is 0 Å². The van der Waals surface area contributed by atoms with Crippen molar-refractivity contribution in [1.82, 2.24) is 15.1 Å². The maximum Gasteiger partial charge on any atom is 0.193 e. The van der Waals surface area contributed by atoms with Crippen molar-refractivity contribution >= 4 is 35.6 Å². The van der Waals surface area contributed by atoms with Gasteiger partial charge in [0.2, 0.25) is 0 Å². The first-order valence-electron chi connectivity index (χ1n) is 11.2. The molecule has 0 bridgehead atoms. The van der Waals surface area contributed by atoms with Crippen LogP contribution in [0.15, 0.2) is 29.3 Å². The van der Waals surface area contributed by atoms with Gasteiger partial charge in [-0.05, 0) is 50.4 Å². The van der Waals surface area contributed by atoms with E-state index < -0.39 is 0 Å². The highest BCUT2D eigenvalue weighted by atomic mass is 127. The van der Waals surface area contributed by atoms with Crippen molar-refractivity contribution in [3.63, 3.8) is 0 Å². The predicted molar refractivity (Wildman–Crippen MR) is 137 cm³/mol. The minimum Gasteiger partial charge on any atom is -0.381 e. The fourth-order valence-electron chi connectivity index (χ4n) is 4.30. The average Bonchev–Trinajstić information content (AvgIpc) is 3.24. The fraction of sp³-hybridized carbons (Fsp3) is 0.696. The molecule has 30 heavy (non-hydrogen) atoms. The molecule has 0 radical (unpaired) electrons. The predicted octanol–water partition coefficient (Wildman–Crippen LogP) is 3.06. The number of guanidine groups is 1. The van der Waals surface area contributed by atoms with Crippen LogP contribution in [0.4, 0.5) is 5.69 Å². The van der Waals surface area contributed by atoms with Gasteiger partial charge in [0.1, 0.15) is 0 Å². The molecule has 1 N–H and O–H groups in total. The number of hydrogen-bond donors (Lipinski definition) is 1. The van der Waals surface area contributed by atoms with Crippen LogP contribution in [0, 0.1) is 12.8 Å². The Hall–Kier alpha value is -1.06. The second-order valence-electron chi connectivity index (χ2n) is 8.46. The molecule has 2 aliphatic rings. The zero-order valence-electron chi connectivity index (χ0n) is 19.0. The van der Waals surface area contributed by atoms with Crippen molar-refractivity contribution in [2.24, 2.45) is 10.9 Å². The quantitative estimate of drug-likeness (QED) is 0.243. The molecule has 2 heterocycles. The number of piperazine rings is 1. The summed E-state index contributed by atoms with van der Waals surface area (Å²) >= 11 is 0. The van der Waals surface area contributed by atoms with Crippen LogP contribution >= 0.6 is 24.0 Å². The summed E-state index contributed by atoms with van der Waals surface area (Å²) in [6.07, 6.45) is 3.57. The van der Waals surface area contributed by atoms with Crippen LogP contribution in [-0.4, -0.2) is 88.9 Å². The zero-order valence-corrected chi connectivity index (χ0v) is 21.3. The van der Waals surface area contributed by atoms with E-state index in [2.05, 4.69) is 63.2 Å². The van der Waals surface area contributed by atoms with Crippen molar-refractivity contribution in [1.29, 1.82) is 0 Å². The summed E-state index contributed by atoms with van der Waals surface area (Å²) in [5.41, 5.74) is 2.71. The van der Waals surface area contributed by atoms with Gasteiger partial charge in [-0.2, -0.15) is 0 Å². The van der Waals surface area contributed by atoms with Gasteiger partial charge in [-0.25, -0.2) is 0 Å². The van der Waals surface area contributed by atoms with Crippen LogP contribution in [0.2, 0.25) is 0 Å². The minimum atomic E-state index is 0. The Kier molecular flexibility index (Phi) is 11.2. The molecule has 170 valence electrons. The Labute approximate surface area is 200 Å². The molecule has 1 atom stereocenters. The third-order valence-corrected chi connectivity index (χ3v) is 6.05. The van der Waals surface area contributed by atoms with Crippen molar-refractivity contribution in [2.75, 3.05) is 78.0 Å². The molecule has 0 spiro atoms. The number of benzene rings is 1. The van der Waals surface area contributed by atoms with Gasteiger partial charge in [0.15, 0.2) is 5.96 Å². The number of ether oxygens (including phenoxy) is 1. The lowest BCUT2D eigenvalue weighted by Crippen LogP contribution is -2.46.